The molecule has 1 aromatic heterocycles. The van der Waals surface area contributed by atoms with Crippen LogP contribution in [-0.2, 0) is 0 Å². The van der Waals surface area contributed by atoms with E-state index in [2.05, 4.69) is 197 Å². The molecule has 0 aliphatic heterocycles. The summed E-state index contributed by atoms with van der Waals surface area (Å²) in [5, 5.41) is 11.0. The van der Waals surface area contributed by atoms with Crippen molar-refractivity contribution < 1.29 is 0 Å². The average molecular weight is 602 g/mol. The first-order valence-corrected chi connectivity index (χ1v) is 16.0. The lowest BCUT2D eigenvalue weighted by Crippen LogP contribution is -2.10. The summed E-state index contributed by atoms with van der Waals surface area (Å²) in [6.07, 6.45) is 0. The fourth-order valence-electron chi connectivity index (χ4n) is 6.98. The van der Waals surface area contributed by atoms with E-state index in [1.807, 2.05) is 0 Å². The molecule has 222 valence electrons. The second-order valence-corrected chi connectivity index (χ2v) is 11.9. The number of hydrogen-bond acceptors (Lipinski definition) is 2. The summed E-state index contributed by atoms with van der Waals surface area (Å²) in [4.78, 5) is 2.38. The van der Waals surface area contributed by atoms with Gasteiger partial charge in [0, 0.05) is 50.0 Å². The minimum Gasteiger partial charge on any atom is -0.355 e. The molecular weight excluding hydrogens is 571 g/mol. The van der Waals surface area contributed by atoms with Gasteiger partial charge in [-0.25, -0.2) is 0 Å². The molecule has 0 aliphatic carbocycles. The topological polar surface area (TPSA) is 20.2 Å². The maximum atomic E-state index is 3.73. The highest BCUT2D eigenvalue weighted by Gasteiger charge is 2.19. The molecule has 47 heavy (non-hydrogen) atoms. The molecular formula is C44H31N3. The number of nitrogens with zero attached hydrogens (tertiary/aromatic N) is 2. The van der Waals surface area contributed by atoms with E-state index in [4.69, 9.17) is 0 Å². The molecule has 0 amide bonds. The Morgan fingerprint density at radius 2 is 1.06 bits per heavy atom. The summed E-state index contributed by atoms with van der Waals surface area (Å²) >= 11 is 0. The first kappa shape index (κ1) is 27.0. The van der Waals surface area contributed by atoms with Crippen molar-refractivity contribution in [1.29, 1.82) is 0 Å². The Morgan fingerprint density at radius 1 is 0.404 bits per heavy atom. The standard InChI is InChI=1S/C44H31N3/c1-3-17-34(18-4-1)46(42-24-12-16-32-14-8-10-22-38(32)42)36-26-28-43-40(30-36)39-27-25-33(29-44(39)47(43)35-19-5-2-6-20-35)45-41-23-11-15-31-13-7-9-21-37(31)41/h1-30,45H. The van der Waals surface area contributed by atoms with Gasteiger partial charge in [0.2, 0.25) is 0 Å². The normalized spacial score (nSPS) is 11.4. The third kappa shape index (κ3) is 4.68. The van der Waals surface area contributed by atoms with Crippen LogP contribution in [0.1, 0.15) is 0 Å². The zero-order valence-corrected chi connectivity index (χ0v) is 25.7. The largest absolute Gasteiger partial charge is 0.355 e. The third-order valence-electron chi connectivity index (χ3n) is 9.11. The lowest BCUT2D eigenvalue weighted by molar-refractivity contribution is 1.18. The predicted octanol–water partition coefficient (Wildman–Crippen LogP) is 12.3. The van der Waals surface area contributed by atoms with Crippen LogP contribution in [0, 0.1) is 0 Å². The molecule has 3 heteroatoms. The van der Waals surface area contributed by atoms with Gasteiger partial charge in [-0.3, -0.25) is 0 Å². The summed E-state index contributed by atoms with van der Waals surface area (Å²) in [7, 11) is 0. The zero-order chi connectivity index (χ0) is 31.2. The van der Waals surface area contributed by atoms with Gasteiger partial charge in [-0.05, 0) is 77.5 Å². The summed E-state index contributed by atoms with van der Waals surface area (Å²) in [6, 6.07) is 65.1. The lowest BCUT2D eigenvalue weighted by Gasteiger charge is -2.27. The minimum atomic E-state index is 1.05. The van der Waals surface area contributed by atoms with Gasteiger partial charge in [0.25, 0.3) is 0 Å². The Kier molecular flexibility index (Phi) is 6.46. The van der Waals surface area contributed by atoms with Crippen LogP contribution >= 0.6 is 0 Å². The van der Waals surface area contributed by atoms with Gasteiger partial charge >= 0.3 is 0 Å². The number of benzene rings is 8. The van der Waals surface area contributed by atoms with E-state index in [1.54, 1.807) is 0 Å². The van der Waals surface area contributed by atoms with Crippen molar-refractivity contribution in [3.8, 4) is 5.69 Å². The Hall–Kier alpha value is -6.32. The highest BCUT2D eigenvalue weighted by Crippen LogP contribution is 2.42. The fourth-order valence-corrected chi connectivity index (χ4v) is 6.98. The highest BCUT2D eigenvalue weighted by atomic mass is 15.1. The molecule has 1 heterocycles. The molecule has 9 aromatic rings. The van der Waals surface area contributed by atoms with Crippen LogP contribution in [0.4, 0.5) is 28.4 Å². The molecule has 8 aromatic carbocycles. The number of rotatable bonds is 6. The molecule has 0 aliphatic rings. The van der Waals surface area contributed by atoms with Crippen molar-refractivity contribution in [2.24, 2.45) is 0 Å². The number of nitrogens with one attached hydrogen (secondary N) is 1. The number of aromatic nitrogens is 1. The Morgan fingerprint density at radius 3 is 1.87 bits per heavy atom. The first-order valence-electron chi connectivity index (χ1n) is 16.0. The van der Waals surface area contributed by atoms with Gasteiger partial charge in [0.1, 0.15) is 0 Å². The second kappa shape index (κ2) is 11.2. The molecule has 0 saturated heterocycles. The maximum absolute atomic E-state index is 3.73. The average Bonchev–Trinajstić information content (AvgIpc) is 3.46. The summed E-state index contributed by atoms with van der Waals surface area (Å²) in [5.74, 6) is 0. The molecule has 1 N–H and O–H groups in total. The highest BCUT2D eigenvalue weighted by molar-refractivity contribution is 6.12. The van der Waals surface area contributed by atoms with Crippen LogP contribution < -0.4 is 10.2 Å². The van der Waals surface area contributed by atoms with E-state index in [0.29, 0.717) is 0 Å². The smallest absolute Gasteiger partial charge is 0.0561 e. The maximum Gasteiger partial charge on any atom is 0.0561 e. The van der Waals surface area contributed by atoms with Gasteiger partial charge in [-0.2, -0.15) is 0 Å². The van der Waals surface area contributed by atoms with Crippen molar-refractivity contribution in [3.05, 3.63) is 182 Å². The lowest BCUT2D eigenvalue weighted by atomic mass is 10.1. The molecule has 3 nitrogen and oxygen atoms in total. The van der Waals surface area contributed by atoms with Crippen LogP contribution in [0.5, 0.6) is 0 Å². The zero-order valence-electron chi connectivity index (χ0n) is 25.7. The Balaban J connectivity index is 1.25. The number of hydrogen-bond donors (Lipinski definition) is 1. The Labute approximate surface area is 273 Å². The van der Waals surface area contributed by atoms with Gasteiger partial charge in [0.05, 0.1) is 16.7 Å². The van der Waals surface area contributed by atoms with Crippen LogP contribution in [0.2, 0.25) is 0 Å². The van der Waals surface area contributed by atoms with Gasteiger partial charge < -0.3 is 14.8 Å². The molecule has 0 radical (unpaired) electrons. The van der Waals surface area contributed by atoms with E-state index in [-0.39, 0.29) is 0 Å². The van der Waals surface area contributed by atoms with Crippen LogP contribution in [0.3, 0.4) is 0 Å². The van der Waals surface area contributed by atoms with Gasteiger partial charge in [-0.1, -0.05) is 115 Å². The van der Waals surface area contributed by atoms with Gasteiger partial charge in [0.15, 0.2) is 0 Å². The third-order valence-corrected chi connectivity index (χ3v) is 9.11. The quantitative estimate of drug-likeness (QED) is 0.205. The molecule has 0 fully saturated rings. The minimum absolute atomic E-state index is 1.05. The van der Waals surface area contributed by atoms with Crippen molar-refractivity contribution in [1.82, 2.24) is 4.57 Å². The second-order valence-electron chi connectivity index (χ2n) is 11.9. The van der Waals surface area contributed by atoms with Crippen LogP contribution in [0.25, 0.3) is 49.0 Å². The number of para-hydroxylation sites is 2. The number of anilines is 5. The van der Waals surface area contributed by atoms with Crippen molar-refractivity contribution in [3.63, 3.8) is 0 Å². The molecule has 0 atom stereocenters. The van der Waals surface area contributed by atoms with E-state index in [0.717, 1.165) is 39.6 Å². The van der Waals surface area contributed by atoms with Crippen molar-refractivity contribution in [2.75, 3.05) is 10.2 Å². The van der Waals surface area contributed by atoms with Crippen LogP contribution in [0.15, 0.2) is 182 Å². The fraction of sp³-hybridized carbons (Fsp3) is 0. The summed E-state index contributed by atoms with van der Waals surface area (Å²) in [5.41, 5.74) is 9.00. The van der Waals surface area contributed by atoms with Crippen molar-refractivity contribution in [2.45, 2.75) is 0 Å². The first-order chi connectivity index (χ1) is 23.3. The van der Waals surface area contributed by atoms with E-state index in [1.165, 1.54) is 37.8 Å². The SMILES string of the molecule is c1ccc(N(c2ccc3c(c2)c2ccc(Nc4cccc5ccccc45)cc2n3-c2ccccc2)c2cccc3ccccc23)cc1. The van der Waals surface area contributed by atoms with Crippen LogP contribution in [-0.4, -0.2) is 4.57 Å². The molecule has 0 saturated carbocycles. The molecule has 9 rings (SSSR count). The summed E-state index contributed by atoms with van der Waals surface area (Å²) < 4.78 is 2.38. The van der Waals surface area contributed by atoms with Crippen molar-refractivity contribution >= 4 is 71.8 Å². The predicted molar refractivity (Wildman–Crippen MR) is 200 cm³/mol. The molecule has 0 spiro atoms. The monoisotopic (exact) mass is 601 g/mol. The van der Waals surface area contributed by atoms with E-state index < -0.39 is 0 Å². The number of fused-ring (bicyclic) bond motifs is 5. The van der Waals surface area contributed by atoms with E-state index >= 15 is 0 Å². The summed E-state index contributed by atoms with van der Waals surface area (Å²) in [6.45, 7) is 0. The van der Waals surface area contributed by atoms with Gasteiger partial charge in [-0.15, -0.1) is 0 Å². The molecule has 0 bridgehead atoms. The molecule has 0 unspecified atom stereocenters. The Bertz CT molecular complexity index is 2540. The van der Waals surface area contributed by atoms with E-state index in [9.17, 15) is 0 Å².